The molecule has 0 fully saturated rings. The molecule has 2 rings (SSSR count). The minimum Gasteiger partial charge on any atom is -0.285 e. The number of hydrogen-bond donors (Lipinski definition) is 0. The summed E-state index contributed by atoms with van der Waals surface area (Å²) in [4.78, 5) is 16.8. The molecule has 0 saturated heterocycles. The van der Waals surface area contributed by atoms with Crippen molar-refractivity contribution in [1.29, 1.82) is 0 Å². The van der Waals surface area contributed by atoms with Crippen molar-refractivity contribution in [2.24, 2.45) is 0 Å². The van der Waals surface area contributed by atoms with E-state index in [0.717, 1.165) is 5.56 Å². The van der Waals surface area contributed by atoms with Crippen LogP contribution in [-0.4, -0.2) is 5.78 Å². The molecule has 2 aromatic carbocycles. The molecule has 0 spiro atoms. The molecule has 0 heterocycles. The summed E-state index contributed by atoms with van der Waals surface area (Å²) in [6.45, 7) is 1.96. The minimum absolute atomic E-state index is 0.00718. The highest BCUT2D eigenvalue weighted by Gasteiger charge is 2.30. The summed E-state index contributed by atoms with van der Waals surface area (Å²) < 4.78 is 0. The van der Waals surface area contributed by atoms with E-state index in [2.05, 4.69) is 10.9 Å². The van der Waals surface area contributed by atoms with Crippen molar-refractivity contribution in [1.82, 2.24) is 0 Å². The fraction of sp³-hybridized carbons (Fsp3) is 0.176. The molecule has 0 saturated carbocycles. The van der Waals surface area contributed by atoms with Gasteiger partial charge in [-0.2, -0.15) is 0 Å². The Morgan fingerprint density at radius 1 is 1.05 bits per heavy atom. The van der Waals surface area contributed by atoms with Gasteiger partial charge >= 0.3 is 6.04 Å². The van der Waals surface area contributed by atoms with Crippen LogP contribution in [0.3, 0.4) is 0 Å². The van der Waals surface area contributed by atoms with E-state index < -0.39 is 6.04 Å². The summed E-state index contributed by atoms with van der Waals surface area (Å²) in [5.74, 6) is 0.00718. The van der Waals surface area contributed by atoms with E-state index in [1.807, 2.05) is 67.6 Å². The predicted molar refractivity (Wildman–Crippen MR) is 77.5 cm³/mol. The SMILES string of the molecule is CCC#[N+]C(C(=O)c1ccccc1)c1ccccc1. The summed E-state index contributed by atoms with van der Waals surface area (Å²) >= 11 is 0. The average molecular weight is 250 g/mol. The van der Waals surface area contributed by atoms with Gasteiger partial charge in [0.15, 0.2) is 0 Å². The van der Waals surface area contributed by atoms with Crippen LogP contribution in [0.5, 0.6) is 0 Å². The van der Waals surface area contributed by atoms with Crippen LogP contribution >= 0.6 is 0 Å². The number of Topliss-reactive ketones (excluding diaryl/α,β-unsaturated/α-hetero) is 1. The second kappa shape index (κ2) is 6.51. The third-order valence-corrected chi connectivity index (χ3v) is 2.80. The Hall–Kier alpha value is -2.40. The molecule has 0 aromatic heterocycles. The van der Waals surface area contributed by atoms with Gasteiger partial charge < -0.3 is 0 Å². The number of hydrogen-bond acceptors (Lipinski definition) is 1. The molecule has 2 aromatic rings. The van der Waals surface area contributed by atoms with Crippen LogP contribution in [0.2, 0.25) is 0 Å². The van der Waals surface area contributed by atoms with Crippen molar-refractivity contribution < 1.29 is 4.79 Å². The predicted octanol–water partition coefficient (Wildman–Crippen LogP) is 4.35. The average Bonchev–Trinajstić information content (AvgIpc) is 2.49. The third kappa shape index (κ3) is 3.29. The van der Waals surface area contributed by atoms with Gasteiger partial charge in [-0.15, -0.1) is 0 Å². The fourth-order valence-electron chi connectivity index (χ4n) is 1.86. The summed E-state index contributed by atoms with van der Waals surface area (Å²) in [5, 5.41) is 0. The molecule has 19 heavy (non-hydrogen) atoms. The van der Waals surface area contributed by atoms with Crippen LogP contribution in [0.1, 0.15) is 35.3 Å². The summed E-state index contributed by atoms with van der Waals surface area (Å²) in [6, 6.07) is 21.3. The number of carbonyl (C=O) groups is 1. The van der Waals surface area contributed by atoms with E-state index in [0.29, 0.717) is 12.0 Å². The van der Waals surface area contributed by atoms with Crippen LogP contribution in [0.25, 0.3) is 4.85 Å². The smallest absolute Gasteiger partial charge is 0.285 e. The molecule has 94 valence electrons. The van der Waals surface area contributed by atoms with Gasteiger partial charge in [-0.25, -0.2) is 0 Å². The third-order valence-electron chi connectivity index (χ3n) is 2.80. The molecule has 2 nitrogen and oxygen atoms in total. The quantitative estimate of drug-likeness (QED) is 0.742. The first kappa shape index (κ1) is 13.0. The number of rotatable bonds is 3. The van der Waals surface area contributed by atoms with Gasteiger partial charge in [-0.05, 0) is 6.92 Å². The maximum absolute atomic E-state index is 12.5. The van der Waals surface area contributed by atoms with E-state index in [1.165, 1.54) is 0 Å². The molecule has 0 aliphatic carbocycles. The lowest BCUT2D eigenvalue weighted by atomic mass is 9.98. The number of carbonyl (C=O) groups excluding carboxylic acids is 1. The standard InChI is InChI=1S/C17H16NO/c1-2-13-18-16(14-9-5-3-6-10-14)17(19)15-11-7-4-8-12-15/h3-12,16H,2H2,1H3/q+1. The van der Waals surface area contributed by atoms with Crippen LogP contribution < -0.4 is 0 Å². The fourth-order valence-corrected chi connectivity index (χ4v) is 1.86. The maximum Gasteiger partial charge on any atom is 0.358 e. The number of ketones is 1. The molecule has 0 bridgehead atoms. The molecule has 0 aliphatic rings. The summed E-state index contributed by atoms with van der Waals surface area (Å²) in [7, 11) is 0. The van der Waals surface area contributed by atoms with Crippen molar-refractivity contribution in [3.05, 3.63) is 76.6 Å². The van der Waals surface area contributed by atoms with Crippen molar-refractivity contribution >= 4 is 5.78 Å². The van der Waals surface area contributed by atoms with Gasteiger partial charge in [0.2, 0.25) is 0 Å². The Labute approximate surface area is 113 Å². The number of benzene rings is 2. The Morgan fingerprint density at radius 2 is 1.63 bits per heavy atom. The first-order chi connectivity index (χ1) is 9.33. The largest absolute Gasteiger partial charge is 0.358 e. The maximum atomic E-state index is 12.5. The van der Waals surface area contributed by atoms with Crippen molar-refractivity contribution in [3.63, 3.8) is 0 Å². The second-order valence-electron chi connectivity index (χ2n) is 4.18. The van der Waals surface area contributed by atoms with E-state index in [1.54, 1.807) is 0 Å². The second-order valence-corrected chi connectivity index (χ2v) is 4.18. The first-order valence-corrected chi connectivity index (χ1v) is 6.40. The highest BCUT2D eigenvalue weighted by Crippen LogP contribution is 2.22. The van der Waals surface area contributed by atoms with Gasteiger partial charge in [-0.1, -0.05) is 65.5 Å². The van der Waals surface area contributed by atoms with E-state index >= 15 is 0 Å². The first-order valence-electron chi connectivity index (χ1n) is 6.40. The monoisotopic (exact) mass is 250 g/mol. The zero-order valence-electron chi connectivity index (χ0n) is 10.9. The summed E-state index contributed by atoms with van der Waals surface area (Å²) in [5.41, 5.74) is 1.58. The van der Waals surface area contributed by atoms with Gasteiger partial charge in [0, 0.05) is 11.1 Å². The van der Waals surface area contributed by atoms with Gasteiger partial charge in [-0.3, -0.25) is 4.79 Å². The Bertz CT molecular complexity index is 593. The van der Waals surface area contributed by atoms with Crippen LogP contribution in [0, 0.1) is 6.07 Å². The zero-order chi connectivity index (χ0) is 13.5. The van der Waals surface area contributed by atoms with Crippen molar-refractivity contribution in [2.75, 3.05) is 0 Å². The summed E-state index contributed by atoms with van der Waals surface area (Å²) in [6.07, 6.45) is 0.700. The highest BCUT2D eigenvalue weighted by atomic mass is 16.1. The van der Waals surface area contributed by atoms with E-state index in [4.69, 9.17) is 0 Å². The topological polar surface area (TPSA) is 21.4 Å². The van der Waals surface area contributed by atoms with E-state index in [-0.39, 0.29) is 5.78 Å². The van der Waals surface area contributed by atoms with Crippen molar-refractivity contribution in [2.45, 2.75) is 19.4 Å². The lowest BCUT2D eigenvalue weighted by molar-refractivity contribution is 0.0975. The highest BCUT2D eigenvalue weighted by molar-refractivity contribution is 6.01. The van der Waals surface area contributed by atoms with Gasteiger partial charge in [0.1, 0.15) is 0 Å². The Kier molecular flexibility index (Phi) is 4.47. The molecular weight excluding hydrogens is 234 g/mol. The van der Waals surface area contributed by atoms with Crippen molar-refractivity contribution in [3.8, 4) is 6.07 Å². The molecule has 1 unspecified atom stereocenters. The molecule has 0 N–H and O–H groups in total. The number of nitrogens with zero attached hydrogens (tertiary/aromatic N) is 1. The van der Waals surface area contributed by atoms with Gasteiger partial charge in [0.05, 0.1) is 6.42 Å². The molecule has 1 atom stereocenters. The molecule has 0 radical (unpaired) electrons. The lowest BCUT2D eigenvalue weighted by Crippen LogP contribution is -2.09. The van der Waals surface area contributed by atoms with Gasteiger partial charge in [0.25, 0.3) is 11.9 Å². The normalized spacial score (nSPS) is 11.2. The van der Waals surface area contributed by atoms with Crippen LogP contribution in [0.15, 0.2) is 60.7 Å². The Morgan fingerprint density at radius 3 is 2.21 bits per heavy atom. The molecule has 0 aliphatic heterocycles. The zero-order valence-corrected chi connectivity index (χ0v) is 10.9. The van der Waals surface area contributed by atoms with Crippen LogP contribution in [0.4, 0.5) is 0 Å². The Balaban J connectivity index is 2.37. The molecule has 0 amide bonds. The van der Waals surface area contributed by atoms with Crippen LogP contribution in [-0.2, 0) is 0 Å². The molecule has 2 heteroatoms. The molecular formula is C17H16NO+. The van der Waals surface area contributed by atoms with E-state index in [9.17, 15) is 4.79 Å². The minimum atomic E-state index is -0.497. The lowest BCUT2D eigenvalue weighted by Gasteiger charge is -2.01.